The minimum absolute atomic E-state index is 0.0979. The molecule has 1 amide bonds. The fraction of sp³-hybridized carbons (Fsp3) is 0.0435. The van der Waals surface area contributed by atoms with Crippen molar-refractivity contribution in [1.82, 2.24) is 10.3 Å². The molecule has 0 saturated heterocycles. The fourth-order valence-electron chi connectivity index (χ4n) is 2.91. The second-order valence-electron chi connectivity index (χ2n) is 6.22. The molecule has 0 unspecified atom stereocenters. The van der Waals surface area contributed by atoms with Crippen molar-refractivity contribution in [3.05, 3.63) is 102 Å². The van der Waals surface area contributed by atoms with Crippen LogP contribution >= 0.6 is 0 Å². The largest absolute Gasteiger partial charge is 0.436 e. The number of rotatable bonds is 5. The number of nitrogens with zero attached hydrogens (tertiary/aromatic N) is 1. The first-order chi connectivity index (χ1) is 13.7. The summed E-state index contributed by atoms with van der Waals surface area (Å²) in [6, 6.07) is 23.0. The summed E-state index contributed by atoms with van der Waals surface area (Å²) in [4.78, 5) is 17.0. The molecule has 3 aromatic carbocycles. The van der Waals surface area contributed by atoms with Gasteiger partial charge >= 0.3 is 0 Å². The maximum atomic E-state index is 13.8. The van der Waals surface area contributed by atoms with E-state index in [0.29, 0.717) is 28.3 Å². The Morgan fingerprint density at radius 2 is 1.64 bits per heavy atom. The molecule has 1 heterocycles. The number of halogens is 1. The highest BCUT2D eigenvalue weighted by Gasteiger charge is 2.17. The monoisotopic (exact) mass is 372 g/mol. The lowest BCUT2D eigenvalue weighted by Gasteiger charge is -2.09. The average Bonchev–Trinajstić information content (AvgIpc) is 3.24. The molecular weight excluding hydrogens is 355 g/mol. The molecule has 1 aromatic heterocycles. The van der Waals surface area contributed by atoms with Crippen LogP contribution in [0.5, 0.6) is 0 Å². The number of hydrogen-bond donors (Lipinski definition) is 1. The highest BCUT2D eigenvalue weighted by atomic mass is 19.1. The van der Waals surface area contributed by atoms with Gasteiger partial charge in [0.25, 0.3) is 5.91 Å². The van der Waals surface area contributed by atoms with E-state index in [0.717, 1.165) is 5.56 Å². The van der Waals surface area contributed by atoms with Crippen molar-refractivity contribution in [3.8, 4) is 22.8 Å². The SMILES string of the molecule is O=C(NCc1ccccc1F)c1ccccc1-c1ncc(-c2ccccc2)o1. The molecule has 0 aliphatic heterocycles. The molecule has 4 aromatic rings. The Hall–Kier alpha value is -3.73. The van der Waals surface area contributed by atoms with Gasteiger partial charge in [0, 0.05) is 23.2 Å². The van der Waals surface area contributed by atoms with Gasteiger partial charge in [-0.15, -0.1) is 0 Å². The lowest BCUT2D eigenvalue weighted by molar-refractivity contribution is 0.0951. The normalized spacial score (nSPS) is 10.6. The summed E-state index contributed by atoms with van der Waals surface area (Å²) in [7, 11) is 0. The molecule has 0 aliphatic rings. The molecule has 0 aliphatic carbocycles. The van der Waals surface area contributed by atoms with Crippen molar-refractivity contribution in [2.45, 2.75) is 6.54 Å². The van der Waals surface area contributed by atoms with Crippen molar-refractivity contribution in [1.29, 1.82) is 0 Å². The van der Waals surface area contributed by atoms with Crippen LogP contribution in [-0.2, 0) is 6.54 Å². The molecule has 0 saturated carbocycles. The van der Waals surface area contributed by atoms with Gasteiger partial charge in [-0.25, -0.2) is 9.37 Å². The average molecular weight is 372 g/mol. The van der Waals surface area contributed by atoms with Crippen LogP contribution in [0.4, 0.5) is 4.39 Å². The zero-order valence-electron chi connectivity index (χ0n) is 14.9. The van der Waals surface area contributed by atoms with E-state index in [1.165, 1.54) is 6.07 Å². The third kappa shape index (κ3) is 3.69. The Labute approximate surface area is 161 Å². The molecule has 138 valence electrons. The topological polar surface area (TPSA) is 55.1 Å². The summed E-state index contributed by atoms with van der Waals surface area (Å²) in [5, 5.41) is 2.76. The van der Waals surface area contributed by atoms with Gasteiger partial charge < -0.3 is 9.73 Å². The van der Waals surface area contributed by atoms with E-state index in [-0.39, 0.29) is 18.3 Å². The molecule has 1 N–H and O–H groups in total. The molecule has 0 atom stereocenters. The van der Waals surface area contributed by atoms with Gasteiger partial charge in [0.2, 0.25) is 5.89 Å². The predicted octanol–water partition coefficient (Wildman–Crippen LogP) is 5.08. The van der Waals surface area contributed by atoms with Gasteiger partial charge in [0.1, 0.15) is 5.82 Å². The summed E-state index contributed by atoms with van der Waals surface area (Å²) in [5.74, 6) is 0.308. The summed E-state index contributed by atoms with van der Waals surface area (Å²) >= 11 is 0. The highest BCUT2D eigenvalue weighted by Crippen LogP contribution is 2.28. The molecule has 0 fully saturated rings. The van der Waals surface area contributed by atoms with Crippen LogP contribution in [0.2, 0.25) is 0 Å². The van der Waals surface area contributed by atoms with Gasteiger partial charge in [-0.2, -0.15) is 0 Å². The number of oxazole rings is 1. The first-order valence-electron chi connectivity index (χ1n) is 8.84. The van der Waals surface area contributed by atoms with Gasteiger partial charge in [0.05, 0.1) is 11.8 Å². The van der Waals surface area contributed by atoms with Gasteiger partial charge in [-0.1, -0.05) is 60.7 Å². The van der Waals surface area contributed by atoms with Gasteiger partial charge in [0.15, 0.2) is 5.76 Å². The number of carbonyl (C=O) groups excluding carboxylic acids is 1. The molecule has 4 rings (SSSR count). The van der Waals surface area contributed by atoms with Crippen molar-refractivity contribution < 1.29 is 13.6 Å². The Balaban J connectivity index is 1.58. The van der Waals surface area contributed by atoms with Gasteiger partial charge in [-0.05, 0) is 18.2 Å². The van der Waals surface area contributed by atoms with Crippen molar-refractivity contribution in [2.75, 3.05) is 0 Å². The molecule has 0 spiro atoms. The third-order valence-corrected chi connectivity index (χ3v) is 4.36. The van der Waals surface area contributed by atoms with E-state index in [2.05, 4.69) is 10.3 Å². The zero-order chi connectivity index (χ0) is 19.3. The van der Waals surface area contributed by atoms with E-state index in [1.807, 2.05) is 36.4 Å². The molecule has 28 heavy (non-hydrogen) atoms. The van der Waals surface area contributed by atoms with E-state index in [4.69, 9.17) is 4.42 Å². The van der Waals surface area contributed by atoms with Crippen LogP contribution in [0.25, 0.3) is 22.8 Å². The van der Waals surface area contributed by atoms with Gasteiger partial charge in [-0.3, -0.25) is 4.79 Å². The van der Waals surface area contributed by atoms with E-state index in [1.54, 1.807) is 42.6 Å². The lowest BCUT2D eigenvalue weighted by atomic mass is 10.1. The molecule has 5 heteroatoms. The van der Waals surface area contributed by atoms with Crippen LogP contribution in [0.1, 0.15) is 15.9 Å². The summed E-state index contributed by atoms with van der Waals surface area (Å²) in [6.45, 7) is 0.0979. The number of benzene rings is 3. The maximum Gasteiger partial charge on any atom is 0.252 e. The number of nitrogens with one attached hydrogen (secondary N) is 1. The van der Waals surface area contributed by atoms with Crippen molar-refractivity contribution >= 4 is 5.91 Å². The molecule has 4 nitrogen and oxygen atoms in total. The first-order valence-corrected chi connectivity index (χ1v) is 8.84. The first kappa shape index (κ1) is 17.7. The van der Waals surface area contributed by atoms with Crippen LogP contribution < -0.4 is 5.32 Å². The second kappa shape index (κ2) is 7.88. The van der Waals surface area contributed by atoms with Crippen molar-refractivity contribution in [2.24, 2.45) is 0 Å². The van der Waals surface area contributed by atoms with Crippen LogP contribution in [0.3, 0.4) is 0 Å². The standard InChI is InChI=1S/C23H17FN2O2/c24-20-13-7-4-10-17(20)14-25-22(27)18-11-5-6-12-19(18)23-26-15-21(28-23)16-8-2-1-3-9-16/h1-13,15H,14H2,(H,25,27). The number of aromatic nitrogens is 1. The summed E-state index contributed by atoms with van der Waals surface area (Å²) in [5.41, 5.74) is 2.33. The Morgan fingerprint density at radius 1 is 0.929 bits per heavy atom. The van der Waals surface area contributed by atoms with Crippen LogP contribution in [-0.4, -0.2) is 10.9 Å². The lowest BCUT2D eigenvalue weighted by Crippen LogP contribution is -2.24. The van der Waals surface area contributed by atoms with Crippen LogP contribution in [0, 0.1) is 5.82 Å². The Morgan fingerprint density at radius 3 is 2.46 bits per heavy atom. The highest BCUT2D eigenvalue weighted by molar-refractivity contribution is 6.00. The maximum absolute atomic E-state index is 13.8. The van der Waals surface area contributed by atoms with E-state index in [9.17, 15) is 9.18 Å². The smallest absolute Gasteiger partial charge is 0.252 e. The zero-order valence-corrected chi connectivity index (χ0v) is 14.9. The molecular formula is C23H17FN2O2. The minimum Gasteiger partial charge on any atom is -0.436 e. The quantitative estimate of drug-likeness (QED) is 0.532. The van der Waals surface area contributed by atoms with E-state index >= 15 is 0 Å². The van der Waals surface area contributed by atoms with E-state index < -0.39 is 0 Å². The number of amides is 1. The predicted molar refractivity (Wildman–Crippen MR) is 105 cm³/mol. The Kier molecular flexibility index (Phi) is 4.97. The third-order valence-electron chi connectivity index (χ3n) is 4.36. The van der Waals surface area contributed by atoms with Crippen LogP contribution in [0.15, 0.2) is 89.5 Å². The molecule has 0 bridgehead atoms. The summed E-state index contributed by atoms with van der Waals surface area (Å²) < 4.78 is 19.7. The number of hydrogen-bond acceptors (Lipinski definition) is 3. The Bertz CT molecular complexity index is 1110. The minimum atomic E-state index is -0.351. The fourth-order valence-corrected chi connectivity index (χ4v) is 2.91. The molecule has 0 radical (unpaired) electrons. The second-order valence-corrected chi connectivity index (χ2v) is 6.22. The van der Waals surface area contributed by atoms with Crippen molar-refractivity contribution in [3.63, 3.8) is 0 Å². The summed E-state index contributed by atoms with van der Waals surface area (Å²) in [6.07, 6.45) is 1.64. The number of carbonyl (C=O) groups is 1.